The van der Waals surface area contributed by atoms with E-state index in [9.17, 15) is 23.1 Å². The zero-order valence-corrected chi connectivity index (χ0v) is 11.5. The largest absolute Gasteiger partial charge is 0.378 e. The van der Waals surface area contributed by atoms with Crippen LogP contribution >= 0.6 is 0 Å². The first-order valence-corrected chi connectivity index (χ1v) is 6.63. The van der Waals surface area contributed by atoms with Crippen LogP contribution in [0, 0.1) is 17.5 Å². The Balaban J connectivity index is 1.90. The number of hydrogen-bond donors (Lipinski definition) is 2. The molecule has 0 aliphatic carbocycles. The van der Waals surface area contributed by atoms with Gasteiger partial charge in [-0.05, 0) is 29.7 Å². The minimum atomic E-state index is -1.52. The lowest BCUT2D eigenvalue weighted by Crippen LogP contribution is -2.31. The zero-order chi connectivity index (χ0) is 16.1. The van der Waals surface area contributed by atoms with Crippen LogP contribution in [0.5, 0.6) is 0 Å². The predicted molar refractivity (Wildman–Crippen MR) is 74.4 cm³/mol. The van der Waals surface area contributed by atoms with Gasteiger partial charge >= 0.3 is 0 Å². The highest BCUT2D eigenvalue weighted by molar-refractivity contribution is 5.81. The number of rotatable bonds is 5. The van der Waals surface area contributed by atoms with Gasteiger partial charge in [-0.15, -0.1) is 0 Å². The van der Waals surface area contributed by atoms with Gasteiger partial charge in [-0.1, -0.05) is 30.3 Å². The number of hydrogen-bond acceptors (Lipinski definition) is 2. The predicted octanol–water partition coefficient (Wildman–Crippen LogP) is 2.50. The Hall–Kier alpha value is -2.34. The second kappa shape index (κ2) is 7.09. The fraction of sp³-hybridized carbons (Fsp3) is 0.188. The molecule has 1 atom stereocenters. The number of amides is 1. The summed E-state index contributed by atoms with van der Waals surface area (Å²) in [5.74, 6) is -4.68. The molecule has 2 N–H and O–H groups in total. The van der Waals surface area contributed by atoms with Gasteiger partial charge in [0.2, 0.25) is 0 Å². The molecule has 0 aliphatic rings. The molecule has 0 spiro atoms. The van der Waals surface area contributed by atoms with Crippen molar-refractivity contribution < 1.29 is 23.1 Å². The van der Waals surface area contributed by atoms with Crippen molar-refractivity contribution in [1.29, 1.82) is 0 Å². The summed E-state index contributed by atoms with van der Waals surface area (Å²) < 4.78 is 38.9. The summed E-state index contributed by atoms with van der Waals surface area (Å²) in [6.07, 6.45) is -1.20. The smallest absolute Gasteiger partial charge is 0.253 e. The van der Waals surface area contributed by atoms with E-state index in [4.69, 9.17) is 0 Å². The fourth-order valence-electron chi connectivity index (χ4n) is 1.97. The van der Waals surface area contributed by atoms with Crippen LogP contribution in [-0.2, 0) is 11.2 Å². The van der Waals surface area contributed by atoms with Crippen molar-refractivity contribution in [3.63, 3.8) is 0 Å². The molecule has 1 amide bonds. The Kier molecular flexibility index (Phi) is 5.16. The number of aliphatic hydroxyl groups excluding tert-OH is 1. The second-order valence-electron chi connectivity index (χ2n) is 4.73. The van der Waals surface area contributed by atoms with Gasteiger partial charge in [0, 0.05) is 6.54 Å². The molecule has 0 radical (unpaired) electrons. The highest BCUT2D eigenvalue weighted by atomic mass is 19.2. The van der Waals surface area contributed by atoms with Gasteiger partial charge in [-0.25, -0.2) is 13.2 Å². The van der Waals surface area contributed by atoms with Crippen molar-refractivity contribution in [3.05, 3.63) is 71.0 Å². The molecule has 2 rings (SSSR count). The lowest BCUT2D eigenvalue weighted by atomic mass is 10.1. The summed E-state index contributed by atoms with van der Waals surface area (Å²) >= 11 is 0. The van der Waals surface area contributed by atoms with Crippen molar-refractivity contribution in [2.45, 2.75) is 12.5 Å². The molecule has 0 aromatic heterocycles. The van der Waals surface area contributed by atoms with Crippen LogP contribution in [0.3, 0.4) is 0 Å². The molecular formula is C16H14F3NO2. The first kappa shape index (κ1) is 16.0. The number of aliphatic hydroxyl groups is 1. The molecule has 116 valence electrons. The molecule has 0 heterocycles. The minimum absolute atomic E-state index is 0.0627. The van der Waals surface area contributed by atoms with Crippen LogP contribution in [0.4, 0.5) is 13.2 Å². The molecule has 0 saturated heterocycles. The van der Waals surface area contributed by atoms with E-state index in [1.54, 1.807) is 30.3 Å². The van der Waals surface area contributed by atoms with Crippen LogP contribution < -0.4 is 5.32 Å². The molecule has 0 aliphatic heterocycles. The molecule has 3 nitrogen and oxygen atoms in total. The standard InChI is InChI=1S/C16H14F3NO2/c17-12-8-10(9-13(18)14(12)19)6-7-20-16(22)15(21)11-4-2-1-3-5-11/h1-5,8-9,15,21H,6-7H2,(H,20,22)/t15-/m1/s1. The van der Waals surface area contributed by atoms with Gasteiger partial charge in [-0.2, -0.15) is 0 Å². The second-order valence-corrected chi connectivity index (χ2v) is 4.73. The van der Waals surface area contributed by atoms with Crippen LogP contribution in [0.15, 0.2) is 42.5 Å². The average molecular weight is 309 g/mol. The lowest BCUT2D eigenvalue weighted by molar-refractivity contribution is -0.129. The number of carbonyl (C=O) groups is 1. The summed E-state index contributed by atoms with van der Waals surface area (Å²) in [5.41, 5.74) is 0.657. The molecule has 0 saturated carbocycles. The van der Waals surface area contributed by atoms with E-state index in [0.29, 0.717) is 5.56 Å². The quantitative estimate of drug-likeness (QED) is 0.834. The van der Waals surface area contributed by atoms with E-state index in [2.05, 4.69) is 5.32 Å². The van der Waals surface area contributed by atoms with Gasteiger partial charge in [-0.3, -0.25) is 4.79 Å². The molecular weight excluding hydrogens is 295 g/mol. The molecule has 2 aromatic carbocycles. The van der Waals surface area contributed by atoms with E-state index in [-0.39, 0.29) is 18.5 Å². The highest BCUT2D eigenvalue weighted by Gasteiger charge is 2.16. The maximum absolute atomic E-state index is 13.0. The van der Waals surface area contributed by atoms with Gasteiger partial charge in [0.15, 0.2) is 23.6 Å². The molecule has 0 unspecified atom stereocenters. The number of benzene rings is 2. The van der Waals surface area contributed by atoms with Crippen molar-refractivity contribution in [2.24, 2.45) is 0 Å². The highest BCUT2D eigenvalue weighted by Crippen LogP contribution is 2.14. The lowest BCUT2D eigenvalue weighted by Gasteiger charge is -2.11. The summed E-state index contributed by atoms with van der Waals surface area (Å²) in [4.78, 5) is 11.8. The first-order chi connectivity index (χ1) is 10.5. The summed E-state index contributed by atoms with van der Waals surface area (Å²) in [6.45, 7) is 0.0627. The van der Waals surface area contributed by atoms with E-state index < -0.39 is 29.5 Å². The minimum Gasteiger partial charge on any atom is -0.378 e. The summed E-state index contributed by atoms with van der Waals surface area (Å²) in [7, 11) is 0. The van der Waals surface area contributed by atoms with Crippen molar-refractivity contribution in [3.8, 4) is 0 Å². The Labute approximate surface area is 125 Å². The topological polar surface area (TPSA) is 49.3 Å². The van der Waals surface area contributed by atoms with Gasteiger partial charge < -0.3 is 10.4 Å². The Morgan fingerprint density at radius 2 is 1.68 bits per heavy atom. The van der Waals surface area contributed by atoms with E-state index in [1.165, 1.54) is 0 Å². The van der Waals surface area contributed by atoms with Crippen molar-refractivity contribution in [1.82, 2.24) is 5.32 Å². The van der Waals surface area contributed by atoms with E-state index in [1.807, 2.05) is 0 Å². The summed E-state index contributed by atoms with van der Waals surface area (Å²) in [5, 5.41) is 12.3. The van der Waals surface area contributed by atoms with Gasteiger partial charge in [0.25, 0.3) is 5.91 Å². The molecule has 0 bridgehead atoms. The maximum atomic E-state index is 13.0. The Morgan fingerprint density at radius 3 is 2.27 bits per heavy atom. The van der Waals surface area contributed by atoms with Gasteiger partial charge in [0.1, 0.15) is 0 Å². The number of nitrogens with one attached hydrogen (secondary N) is 1. The molecule has 2 aromatic rings. The Morgan fingerprint density at radius 1 is 1.09 bits per heavy atom. The molecule has 22 heavy (non-hydrogen) atoms. The Bertz CT molecular complexity index is 639. The average Bonchev–Trinajstić information content (AvgIpc) is 2.52. The zero-order valence-electron chi connectivity index (χ0n) is 11.5. The fourth-order valence-corrected chi connectivity index (χ4v) is 1.97. The third-order valence-electron chi connectivity index (χ3n) is 3.12. The van der Waals surface area contributed by atoms with Crippen LogP contribution in [0.2, 0.25) is 0 Å². The van der Waals surface area contributed by atoms with Crippen LogP contribution in [-0.4, -0.2) is 17.6 Å². The maximum Gasteiger partial charge on any atom is 0.253 e. The van der Waals surface area contributed by atoms with E-state index >= 15 is 0 Å². The van der Waals surface area contributed by atoms with Crippen molar-refractivity contribution in [2.75, 3.05) is 6.54 Å². The SMILES string of the molecule is O=C(NCCc1cc(F)c(F)c(F)c1)[C@H](O)c1ccccc1. The van der Waals surface area contributed by atoms with Crippen molar-refractivity contribution >= 4 is 5.91 Å². The van der Waals surface area contributed by atoms with E-state index in [0.717, 1.165) is 12.1 Å². The van der Waals surface area contributed by atoms with Gasteiger partial charge in [0.05, 0.1) is 0 Å². The number of halogens is 3. The molecule has 0 fully saturated rings. The third-order valence-corrected chi connectivity index (χ3v) is 3.12. The third kappa shape index (κ3) is 3.85. The van der Waals surface area contributed by atoms with Crippen LogP contribution in [0.25, 0.3) is 0 Å². The monoisotopic (exact) mass is 309 g/mol. The number of carbonyl (C=O) groups excluding carboxylic acids is 1. The van der Waals surface area contributed by atoms with Crippen LogP contribution in [0.1, 0.15) is 17.2 Å². The first-order valence-electron chi connectivity index (χ1n) is 6.63. The molecule has 6 heteroatoms. The summed E-state index contributed by atoms with van der Waals surface area (Å²) in [6, 6.07) is 10.1. The normalized spacial score (nSPS) is 12.0.